The predicted molar refractivity (Wildman–Crippen MR) is 104 cm³/mol. The van der Waals surface area contributed by atoms with Crippen LogP contribution in [0.4, 0.5) is 10.5 Å². The third-order valence-corrected chi connectivity index (χ3v) is 5.18. The highest BCUT2D eigenvalue weighted by atomic mass is 16.2. The maximum Gasteiger partial charge on any atom is 0.321 e. The van der Waals surface area contributed by atoms with E-state index in [4.69, 9.17) is 0 Å². The first kappa shape index (κ1) is 19.2. The second-order valence-electron chi connectivity index (χ2n) is 7.21. The summed E-state index contributed by atoms with van der Waals surface area (Å²) in [6.45, 7) is 6.70. The van der Waals surface area contributed by atoms with Crippen molar-refractivity contribution in [2.75, 3.05) is 38.0 Å². The Bertz CT molecular complexity index is 730. The summed E-state index contributed by atoms with van der Waals surface area (Å²) in [7, 11) is 0. The topological polar surface area (TPSA) is 81.8 Å². The van der Waals surface area contributed by atoms with Crippen LogP contribution in [0, 0.1) is 12.8 Å². The highest BCUT2D eigenvalue weighted by molar-refractivity contribution is 5.99. The molecule has 1 aliphatic carbocycles. The smallest absolute Gasteiger partial charge is 0.321 e. The minimum Gasteiger partial charge on any atom is -0.352 e. The van der Waals surface area contributed by atoms with E-state index >= 15 is 0 Å². The fourth-order valence-electron chi connectivity index (χ4n) is 3.40. The van der Waals surface area contributed by atoms with Crippen molar-refractivity contribution in [3.63, 3.8) is 0 Å². The van der Waals surface area contributed by atoms with Crippen molar-refractivity contribution < 1.29 is 14.4 Å². The molecule has 2 N–H and O–H groups in total. The van der Waals surface area contributed by atoms with E-state index in [1.165, 1.54) is 0 Å². The molecule has 1 aromatic rings. The van der Waals surface area contributed by atoms with Gasteiger partial charge in [-0.3, -0.25) is 9.59 Å². The van der Waals surface area contributed by atoms with Crippen LogP contribution in [-0.4, -0.2) is 60.4 Å². The van der Waals surface area contributed by atoms with Crippen molar-refractivity contribution in [1.29, 1.82) is 0 Å². The standard InChI is InChI=1S/C20H28N4O3/c1-3-21-18(25)16-6-4-7-17(14(16)2)22-20(27)24-11-5-10-23(12-13-24)19(26)15-8-9-15/h4,6-7,15H,3,5,8-13H2,1-2H3,(H,21,25)(H,22,27). The lowest BCUT2D eigenvalue weighted by Crippen LogP contribution is -2.39. The number of anilines is 1. The van der Waals surface area contributed by atoms with Crippen LogP contribution < -0.4 is 10.6 Å². The molecular formula is C20H28N4O3. The molecule has 0 spiro atoms. The molecule has 0 unspecified atom stereocenters. The lowest BCUT2D eigenvalue weighted by atomic mass is 10.1. The summed E-state index contributed by atoms with van der Waals surface area (Å²) in [5.74, 6) is 0.308. The minimum atomic E-state index is -0.188. The molecule has 7 nitrogen and oxygen atoms in total. The molecule has 1 saturated heterocycles. The van der Waals surface area contributed by atoms with Gasteiger partial charge in [-0.05, 0) is 50.8 Å². The van der Waals surface area contributed by atoms with Crippen LogP contribution in [0.2, 0.25) is 0 Å². The number of urea groups is 1. The van der Waals surface area contributed by atoms with Gasteiger partial charge in [-0.15, -0.1) is 0 Å². The Labute approximate surface area is 160 Å². The summed E-state index contributed by atoms with van der Waals surface area (Å²) in [5.41, 5.74) is 1.95. The number of nitrogens with zero attached hydrogens (tertiary/aromatic N) is 2. The van der Waals surface area contributed by atoms with E-state index in [2.05, 4.69) is 10.6 Å². The molecule has 1 aliphatic heterocycles. The summed E-state index contributed by atoms with van der Waals surface area (Å²) in [6.07, 6.45) is 2.78. The zero-order valence-corrected chi connectivity index (χ0v) is 16.1. The van der Waals surface area contributed by atoms with Gasteiger partial charge in [0.05, 0.1) is 0 Å². The van der Waals surface area contributed by atoms with E-state index < -0.39 is 0 Å². The van der Waals surface area contributed by atoms with Crippen LogP contribution >= 0.6 is 0 Å². The molecule has 0 radical (unpaired) electrons. The van der Waals surface area contributed by atoms with Gasteiger partial charge in [-0.1, -0.05) is 6.07 Å². The van der Waals surface area contributed by atoms with Gasteiger partial charge in [0, 0.05) is 49.9 Å². The summed E-state index contributed by atoms with van der Waals surface area (Å²) < 4.78 is 0. The first-order valence-electron chi connectivity index (χ1n) is 9.73. The van der Waals surface area contributed by atoms with E-state index in [0.717, 1.165) is 24.8 Å². The zero-order chi connectivity index (χ0) is 19.4. The van der Waals surface area contributed by atoms with Crippen molar-refractivity contribution >= 4 is 23.5 Å². The Balaban J connectivity index is 1.62. The maximum atomic E-state index is 12.7. The summed E-state index contributed by atoms with van der Waals surface area (Å²) in [5, 5.41) is 5.71. The lowest BCUT2D eigenvalue weighted by Gasteiger charge is -2.23. The van der Waals surface area contributed by atoms with Crippen molar-refractivity contribution in [1.82, 2.24) is 15.1 Å². The number of amides is 4. The molecule has 0 atom stereocenters. The Morgan fingerprint density at radius 1 is 1.07 bits per heavy atom. The van der Waals surface area contributed by atoms with E-state index in [0.29, 0.717) is 44.0 Å². The Hall–Kier alpha value is -2.57. The van der Waals surface area contributed by atoms with Gasteiger partial charge in [0.1, 0.15) is 0 Å². The SMILES string of the molecule is CCNC(=O)c1cccc(NC(=O)N2CCCN(C(=O)C3CC3)CC2)c1C. The lowest BCUT2D eigenvalue weighted by molar-refractivity contribution is -0.132. The number of carbonyl (C=O) groups excluding carboxylic acids is 3. The molecule has 27 heavy (non-hydrogen) atoms. The number of carbonyl (C=O) groups is 3. The molecule has 1 aromatic carbocycles. The Kier molecular flexibility index (Phi) is 5.98. The second-order valence-corrected chi connectivity index (χ2v) is 7.21. The van der Waals surface area contributed by atoms with Crippen LogP contribution in [0.25, 0.3) is 0 Å². The van der Waals surface area contributed by atoms with E-state index in [1.54, 1.807) is 23.1 Å². The van der Waals surface area contributed by atoms with Crippen molar-refractivity contribution in [2.24, 2.45) is 5.92 Å². The summed E-state index contributed by atoms with van der Waals surface area (Å²) >= 11 is 0. The normalized spacial score (nSPS) is 17.3. The van der Waals surface area contributed by atoms with Crippen molar-refractivity contribution in [3.05, 3.63) is 29.3 Å². The van der Waals surface area contributed by atoms with Gasteiger partial charge in [0.15, 0.2) is 0 Å². The van der Waals surface area contributed by atoms with Gasteiger partial charge >= 0.3 is 6.03 Å². The number of benzene rings is 1. The van der Waals surface area contributed by atoms with Crippen LogP contribution in [0.3, 0.4) is 0 Å². The number of nitrogens with one attached hydrogen (secondary N) is 2. The third kappa shape index (κ3) is 4.59. The van der Waals surface area contributed by atoms with Crippen molar-refractivity contribution in [2.45, 2.75) is 33.1 Å². The highest BCUT2D eigenvalue weighted by Crippen LogP contribution is 2.31. The van der Waals surface area contributed by atoms with E-state index in [9.17, 15) is 14.4 Å². The van der Waals surface area contributed by atoms with Crippen LogP contribution in [0.15, 0.2) is 18.2 Å². The van der Waals surface area contributed by atoms with Crippen LogP contribution in [-0.2, 0) is 4.79 Å². The second kappa shape index (κ2) is 8.41. The molecule has 146 valence electrons. The third-order valence-electron chi connectivity index (χ3n) is 5.18. The fourth-order valence-corrected chi connectivity index (χ4v) is 3.40. The average molecular weight is 372 g/mol. The Morgan fingerprint density at radius 2 is 1.78 bits per heavy atom. The molecule has 4 amide bonds. The zero-order valence-electron chi connectivity index (χ0n) is 16.1. The molecule has 1 heterocycles. The number of hydrogen-bond donors (Lipinski definition) is 2. The summed E-state index contributed by atoms with van der Waals surface area (Å²) in [4.78, 5) is 40.7. The molecule has 0 aromatic heterocycles. The monoisotopic (exact) mass is 372 g/mol. The molecule has 1 saturated carbocycles. The largest absolute Gasteiger partial charge is 0.352 e. The van der Waals surface area contributed by atoms with Crippen LogP contribution in [0.1, 0.15) is 42.1 Å². The van der Waals surface area contributed by atoms with Crippen molar-refractivity contribution in [3.8, 4) is 0 Å². The van der Waals surface area contributed by atoms with E-state index in [1.807, 2.05) is 18.7 Å². The van der Waals surface area contributed by atoms with Gasteiger partial charge in [-0.2, -0.15) is 0 Å². The Morgan fingerprint density at radius 3 is 2.48 bits per heavy atom. The molecule has 2 fully saturated rings. The highest BCUT2D eigenvalue weighted by Gasteiger charge is 2.34. The summed E-state index contributed by atoms with van der Waals surface area (Å²) in [6, 6.07) is 5.14. The number of rotatable bonds is 4. The quantitative estimate of drug-likeness (QED) is 0.850. The maximum absolute atomic E-state index is 12.7. The van der Waals surface area contributed by atoms with Gasteiger partial charge < -0.3 is 20.4 Å². The minimum absolute atomic E-state index is 0.143. The van der Waals surface area contributed by atoms with Crippen LogP contribution in [0.5, 0.6) is 0 Å². The number of hydrogen-bond acceptors (Lipinski definition) is 3. The molecular weight excluding hydrogens is 344 g/mol. The molecule has 0 bridgehead atoms. The predicted octanol–water partition coefficient (Wildman–Crippen LogP) is 2.22. The first-order valence-corrected chi connectivity index (χ1v) is 9.73. The van der Waals surface area contributed by atoms with E-state index in [-0.39, 0.29) is 23.8 Å². The van der Waals surface area contributed by atoms with Gasteiger partial charge in [0.25, 0.3) is 5.91 Å². The van der Waals surface area contributed by atoms with Gasteiger partial charge in [0.2, 0.25) is 5.91 Å². The fraction of sp³-hybridized carbons (Fsp3) is 0.550. The molecule has 7 heteroatoms. The first-order chi connectivity index (χ1) is 13.0. The molecule has 2 aliphatic rings. The van der Waals surface area contributed by atoms with Gasteiger partial charge in [-0.25, -0.2) is 4.79 Å². The molecule has 3 rings (SSSR count). The average Bonchev–Trinajstić information content (AvgIpc) is 3.49.